The highest BCUT2D eigenvalue weighted by Gasteiger charge is 2.13. The third-order valence-corrected chi connectivity index (χ3v) is 3.69. The van der Waals surface area contributed by atoms with Crippen LogP contribution in [0.25, 0.3) is 0 Å². The summed E-state index contributed by atoms with van der Waals surface area (Å²) in [4.78, 5) is 4.19. The summed E-state index contributed by atoms with van der Waals surface area (Å²) >= 11 is 1.60. The van der Waals surface area contributed by atoms with Gasteiger partial charge in [-0.3, -0.25) is 0 Å². The van der Waals surface area contributed by atoms with Crippen LogP contribution in [0, 0.1) is 0 Å². The van der Waals surface area contributed by atoms with Gasteiger partial charge >= 0.3 is 0 Å². The minimum absolute atomic E-state index is 0.309. The number of hydrogen-bond donors (Lipinski definition) is 1. The zero-order chi connectivity index (χ0) is 12.1. The van der Waals surface area contributed by atoms with E-state index < -0.39 is 0 Å². The molecule has 1 N–H and O–H groups in total. The minimum Gasteiger partial charge on any atom is -0.393 e. The second-order valence-electron chi connectivity index (χ2n) is 4.33. The first-order chi connectivity index (χ1) is 8.25. The molecule has 0 radical (unpaired) electrons. The predicted molar refractivity (Wildman–Crippen MR) is 71.3 cm³/mol. The summed E-state index contributed by atoms with van der Waals surface area (Å²) in [7, 11) is 0. The summed E-state index contributed by atoms with van der Waals surface area (Å²) in [6.45, 7) is 2.15. The molecule has 17 heavy (non-hydrogen) atoms. The molecular formula is C14H17NOS. The van der Waals surface area contributed by atoms with E-state index in [1.807, 2.05) is 23.6 Å². The Morgan fingerprint density at radius 1 is 1.29 bits per heavy atom. The lowest BCUT2D eigenvalue weighted by Gasteiger charge is -2.15. The number of aliphatic hydroxyl groups excluding tert-OH is 1. The van der Waals surface area contributed by atoms with E-state index in [2.05, 4.69) is 24.0 Å². The topological polar surface area (TPSA) is 33.1 Å². The number of rotatable bonds is 5. The van der Waals surface area contributed by atoms with Crippen LogP contribution in [0.5, 0.6) is 0 Å². The Kier molecular flexibility index (Phi) is 4.29. The average molecular weight is 247 g/mol. The molecule has 0 aliphatic rings. The van der Waals surface area contributed by atoms with Crippen LogP contribution in [0.3, 0.4) is 0 Å². The van der Waals surface area contributed by atoms with E-state index in [4.69, 9.17) is 0 Å². The molecule has 0 aliphatic heterocycles. The van der Waals surface area contributed by atoms with Crippen LogP contribution >= 0.6 is 11.3 Å². The van der Waals surface area contributed by atoms with Crippen molar-refractivity contribution in [1.29, 1.82) is 0 Å². The molecule has 0 bridgehead atoms. The van der Waals surface area contributed by atoms with E-state index in [1.165, 1.54) is 5.56 Å². The normalized spacial score (nSPS) is 14.5. The largest absolute Gasteiger partial charge is 0.393 e. The summed E-state index contributed by atoms with van der Waals surface area (Å²) in [5, 5.41) is 13.0. The Bertz CT molecular complexity index is 427. The first-order valence-corrected chi connectivity index (χ1v) is 6.75. The van der Waals surface area contributed by atoms with E-state index >= 15 is 0 Å². The van der Waals surface area contributed by atoms with Gasteiger partial charge in [-0.15, -0.1) is 11.3 Å². The van der Waals surface area contributed by atoms with Gasteiger partial charge in [-0.1, -0.05) is 37.3 Å². The maximum atomic E-state index is 10.0. The van der Waals surface area contributed by atoms with E-state index in [0.717, 1.165) is 11.4 Å². The van der Waals surface area contributed by atoms with E-state index in [-0.39, 0.29) is 6.10 Å². The Morgan fingerprint density at radius 3 is 2.71 bits per heavy atom. The molecule has 0 saturated heterocycles. The SMILES string of the molecule is CC(CC(O)Cc1nccs1)c1ccccc1. The van der Waals surface area contributed by atoms with Crippen molar-refractivity contribution < 1.29 is 5.11 Å². The molecule has 2 aromatic rings. The first-order valence-electron chi connectivity index (χ1n) is 5.87. The fourth-order valence-electron chi connectivity index (χ4n) is 1.96. The Labute approximate surface area is 106 Å². The summed E-state index contributed by atoms with van der Waals surface area (Å²) in [5.74, 6) is 0.381. The highest BCUT2D eigenvalue weighted by molar-refractivity contribution is 7.09. The fraction of sp³-hybridized carbons (Fsp3) is 0.357. The van der Waals surface area contributed by atoms with Gasteiger partial charge in [-0.05, 0) is 17.9 Å². The lowest BCUT2D eigenvalue weighted by atomic mass is 9.94. The van der Waals surface area contributed by atoms with Crippen molar-refractivity contribution in [3.63, 3.8) is 0 Å². The smallest absolute Gasteiger partial charge is 0.0950 e. The number of aliphatic hydroxyl groups is 1. The molecule has 0 saturated carbocycles. The molecule has 1 heterocycles. The third kappa shape index (κ3) is 3.65. The van der Waals surface area contributed by atoms with Gasteiger partial charge in [-0.2, -0.15) is 0 Å². The van der Waals surface area contributed by atoms with Crippen LogP contribution in [-0.4, -0.2) is 16.2 Å². The van der Waals surface area contributed by atoms with Crippen LogP contribution in [-0.2, 0) is 6.42 Å². The molecule has 90 valence electrons. The lowest BCUT2D eigenvalue weighted by Crippen LogP contribution is -2.13. The van der Waals surface area contributed by atoms with Gasteiger partial charge in [0.2, 0.25) is 0 Å². The molecule has 2 unspecified atom stereocenters. The zero-order valence-corrected chi connectivity index (χ0v) is 10.7. The quantitative estimate of drug-likeness (QED) is 0.880. The van der Waals surface area contributed by atoms with Gasteiger partial charge < -0.3 is 5.11 Å². The fourth-order valence-corrected chi connectivity index (χ4v) is 2.65. The van der Waals surface area contributed by atoms with Gasteiger partial charge in [0, 0.05) is 18.0 Å². The summed E-state index contributed by atoms with van der Waals surface area (Å²) in [6.07, 6.45) is 2.92. The number of thiazole rings is 1. The standard InChI is InChI=1S/C14H17NOS/c1-11(12-5-3-2-4-6-12)9-13(16)10-14-15-7-8-17-14/h2-8,11,13,16H,9-10H2,1H3. The van der Waals surface area contributed by atoms with Crippen LogP contribution in [0.15, 0.2) is 41.9 Å². The third-order valence-electron chi connectivity index (χ3n) is 2.89. The Balaban J connectivity index is 1.88. The van der Waals surface area contributed by atoms with Gasteiger partial charge in [0.1, 0.15) is 0 Å². The molecular weight excluding hydrogens is 230 g/mol. The van der Waals surface area contributed by atoms with Crippen LogP contribution < -0.4 is 0 Å². The van der Waals surface area contributed by atoms with Gasteiger partial charge in [-0.25, -0.2) is 4.98 Å². The second kappa shape index (κ2) is 5.94. The molecule has 1 aromatic heterocycles. The molecule has 2 atom stereocenters. The van der Waals surface area contributed by atoms with Crippen molar-refractivity contribution in [3.8, 4) is 0 Å². The molecule has 2 nitrogen and oxygen atoms in total. The van der Waals surface area contributed by atoms with Crippen LogP contribution in [0.2, 0.25) is 0 Å². The van der Waals surface area contributed by atoms with Gasteiger partial charge in [0.15, 0.2) is 0 Å². The van der Waals surface area contributed by atoms with Crippen molar-refractivity contribution in [3.05, 3.63) is 52.5 Å². The summed E-state index contributed by atoms with van der Waals surface area (Å²) in [5.41, 5.74) is 1.28. The first kappa shape index (κ1) is 12.3. The van der Waals surface area contributed by atoms with Crippen molar-refractivity contribution >= 4 is 11.3 Å². The molecule has 3 heteroatoms. The van der Waals surface area contributed by atoms with Gasteiger partial charge in [0.25, 0.3) is 0 Å². The monoisotopic (exact) mass is 247 g/mol. The summed E-state index contributed by atoms with van der Waals surface area (Å²) < 4.78 is 0. The highest BCUT2D eigenvalue weighted by Crippen LogP contribution is 2.22. The molecule has 0 spiro atoms. The Hall–Kier alpha value is -1.19. The highest BCUT2D eigenvalue weighted by atomic mass is 32.1. The maximum Gasteiger partial charge on any atom is 0.0950 e. The van der Waals surface area contributed by atoms with Crippen molar-refractivity contribution in [2.45, 2.75) is 31.8 Å². The predicted octanol–water partition coefficient (Wildman–Crippen LogP) is 3.24. The number of aromatic nitrogens is 1. The summed E-state index contributed by atoms with van der Waals surface area (Å²) in [6, 6.07) is 10.3. The molecule has 0 amide bonds. The van der Waals surface area contributed by atoms with Crippen molar-refractivity contribution in [1.82, 2.24) is 4.98 Å². The zero-order valence-electron chi connectivity index (χ0n) is 9.91. The van der Waals surface area contributed by atoms with E-state index in [9.17, 15) is 5.11 Å². The second-order valence-corrected chi connectivity index (χ2v) is 5.31. The molecule has 0 aliphatic carbocycles. The van der Waals surface area contributed by atoms with Gasteiger partial charge in [0.05, 0.1) is 11.1 Å². The van der Waals surface area contributed by atoms with Crippen LogP contribution in [0.1, 0.15) is 29.8 Å². The number of nitrogens with zero attached hydrogens (tertiary/aromatic N) is 1. The van der Waals surface area contributed by atoms with Crippen molar-refractivity contribution in [2.24, 2.45) is 0 Å². The minimum atomic E-state index is -0.309. The number of benzene rings is 1. The molecule has 1 aromatic carbocycles. The van der Waals surface area contributed by atoms with Crippen LogP contribution in [0.4, 0.5) is 0 Å². The Morgan fingerprint density at radius 2 is 2.06 bits per heavy atom. The van der Waals surface area contributed by atoms with E-state index in [1.54, 1.807) is 17.5 Å². The lowest BCUT2D eigenvalue weighted by molar-refractivity contribution is 0.157. The average Bonchev–Trinajstić information content (AvgIpc) is 2.82. The van der Waals surface area contributed by atoms with E-state index in [0.29, 0.717) is 12.3 Å². The van der Waals surface area contributed by atoms with Crippen molar-refractivity contribution in [2.75, 3.05) is 0 Å². The molecule has 0 fully saturated rings. The molecule has 2 rings (SSSR count). The maximum absolute atomic E-state index is 10.0. The number of hydrogen-bond acceptors (Lipinski definition) is 3.